The smallest absolute Gasteiger partial charge is 0.354 e. The van der Waals surface area contributed by atoms with Crippen LogP contribution in [0.5, 0.6) is 0 Å². The molecule has 2 aromatic heterocycles. The summed E-state index contributed by atoms with van der Waals surface area (Å²) in [7, 11) is 0. The number of aromatic nitrogens is 4. The van der Waals surface area contributed by atoms with Gasteiger partial charge in [-0.3, -0.25) is 0 Å². The highest BCUT2D eigenvalue weighted by molar-refractivity contribution is 5.85. The van der Waals surface area contributed by atoms with Gasteiger partial charge in [-0.2, -0.15) is 4.98 Å². The molecule has 88 valence electrons. The average molecular weight is 235 g/mol. The third kappa shape index (κ3) is 2.74. The van der Waals surface area contributed by atoms with Crippen molar-refractivity contribution >= 4 is 11.9 Å². The maximum absolute atomic E-state index is 10.7. The lowest BCUT2D eigenvalue weighted by Gasteiger charge is -2.01. The first kappa shape index (κ1) is 11.0. The number of nitrogens with one attached hydrogen (secondary N) is 1. The predicted molar refractivity (Wildman–Crippen MR) is 55.4 cm³/mol. The molecule has 0 spiro atoms. The van der Waals surface area contributed by atoms with Gasteiger partial charge in [-0.25, -0.2) is 14.8 Å². The highest BCUT2D eigenvalue weighted by Gasteiger charge is 2.07. The fourth-order valence-electron chi connectivity index (χ4n) is 1.13. The van der Waals surface area contributed by atoms with Crippen LogP contribution in [0.3, 0.4) is 0 Å². The lowest BCUT2D eigenvalue weighted by Crippen LogP contribution is -2.08. The van der Waals surface area contributed by atoms with Gasteiger partial charge in [0.05, 0.1) is 6.54 Å². The Morgan fingerprint density at radius 1 is 1.53 bits per heavy atom. The van der Waals surface area contributed by atoms with E-state index in [0.29, 0.717) is 11.7 Å². The number of hydrogen-bond donors (Lipinski definition) is 2. The molecule has 0 aliphatic rings. The number of aromatic carboxylic acids is 1. The van der Waals surface area contributed by atoms with Gasteiger partial charge in [-0.1, -0.05) is 5.16 Å². The summed E-state index contributed by atoms with van der Waals surface area (Å²) >= 11 is 0. The minimum Gasteiger partial charge on any atom is -0.477 e. The minimum atomic E-state index is -1.11. The lowest BCUT2D eigenvalue weighted by atomic mass is 10.4. The van der Waals surface area contributed by atoms with Crippen molar-refractivity contribution in [3.8, 4) is 0 Å². The normalized spacial score (nSPS) is 10.2. The molecule has 0 aliphatic carbocycles. The summed E-state index contributed by atoms with van der Waals surface area (Å²) in [6.07, 6.45) is 1.36. The van der Waals surface area contributed by atoms with Crippen molar-refractivity contribution in [3.63, 3.8) is 0 Å². The van der Waals surface area contributed by atoms with E-state index in [2.05, 4.69) is 25.4 Å². The van der Waals surface area contributed by atoms with Gasteiger partial charge in [-0.05, 0) is 6.07 Å². The van der Waals surface area contributed by atoms with Gasteiger partial charge >= 0.3 is 5.97 Å². The fourth-order valence-corrected chi connectivity index (χ4v) is 1.13. The van der Waals surface area contributed by atoms with Gasteiger partial charge in [0.1, 0.15) is 0 Å². The summed E-state index contributed by atoms with van der Waals surface area (Å²) < 4.78 is 4.78. The quantitative estimate of drug-likeness (QED) is 0.786. The molecule has 0 radical (unpaired) electrons. The van der Waals surface area contributed by atoms with Gasteiger partial charge in [0.25, 0.3) is 0 Å². The molecule has 0 aromatic carbocycles. The minimum absolute atomic E-state index is 0.0770. The SMILES string of the molecule is Cc1nc(CNc2nccc(C(=O)O)n2)no1. The maximum Gasteiger partial charge on any atom is 0.354 e. The Bertz CT molecular complexity index is 539. The molecule has 0 bridgehead atoms. The first-order valence-corrected chi connectivity index (χ1v) is 4.74. The van der Waals surface area contributed by atoms with Crippen LogP contribution in [0.4, 0.5) is 5.95 Å². The Kier molecular flexibility index (Phi) is 2.95. The Balaban J connectivity index is 2.04. The number of hydrogen-bond acceptors (Lipinski definition) is 7. The van der Waals surface area contributed by atoms with Gasteiger partial charge in [0, 0.05) is 13.1 Å². The molecule has 0 saturated carbocycles. The Hall–Kier alpha value is -2.51. The molecular formula is C9H9N5O3. The van der Waals surface area contributed by atoms with Crippen molar-refractivity contribution in [1.82, 2.24) is 20.1 Å². The summed E-state index contributed by atoms with van der Waals surface area (Å²) in [4.78, 5) is 22.3. The Morgan fingerprint density at radius 3 is 3.00 bits per heavy atom. The number of nitrogens with zero attached hydrogens (tertiary/aromatic N) is 4. The van der Waals surface area contributed by atoms with Crippen molar-refractivity contribution in [2.24, 2.45) is 0 Å². The van der Waals surface area contributed by atoms with E-state index in [1.54, 1.807) is 6.92 Å². The molecule has 0 amide bonds. The average Bonchev–Trinajstić information content (AvgIpc) is 2.73. The third-order valence-electron chi connectivity index (χ3n) is 1.85. The maximum atomic E-state index is 10.7. The zero-order valence-corrected chi connectivity index (χ0v) is 8.91. The van der Waals surface area contributed by atoms with E-state index >= 15 is 0 Å². The summed E-state index contributed by atoms with van der Waals surface area (Å²) in [5.74, 6) is 0.00652. The van der Waals surface area contributed by atoms with Crippen molar-refractivity contribution in [2.45, 2.75) is 13.5 Å². The summed E-state index contributed by atoms with van der Waals surface area (Å²) in [6, 6.07) is 1.31. The molecule has 8 nitrogen and oxygen atoms in total. The molecule has 2 N–H and O–H groups in total. The Morgan fingerprint density at radius 2 is 2.35 bits per heavy atom. The summed E-state index contributed by atoms with van der Waals surface area (Å²) in [5.41, 5.74) is -0.0770. The standard InChI is InChI=1S/C9H9N5O3/c1-5-12-7(14-17-5)4-11-9-10-3-2-6(13-9)8(15)16/h2-3H,4H2,1H3,(H,15,16)(H,10,11,13). The van der Waals surface area contributed by atoms with E-state index in [0.717, 1.165) is 0 Å². The molecule has 0 unspecified atom stereocenters. The van der Waals surface area contributed by atoms with E-state index < -0.39 is 5.97 Å². The van der Waals surface area contributed by atoms with E-state index in [9.17, 15) is 4.79 Å². The molecule has 0 saturated heterocycles. The van der Waals surface area contributed by atoms with Crippen LogP contribution in [0.25, 0.3) is 0 Å². The molecule has 2 heterocycles. The number of rotatable bonds is 4. The Labute approximate surface area is 95.7 Å². The van der Waals surface area contributed by atoms with E-state index in [1.165, 1.54) is 12.3 Å². The highest BCUT2D eigenvalue weighted by Crippen LogP contribution is 2.02. The first-order chi connectivity index (χ1) is 8.15. The topological polar surface area (TPSA) is 114 Å². The second-order valence-electron chi connectivity index (χ2n) is 3.15. The van der Waals surface area contributed by atoms with Crippen LogP contribution in [-0.2, 0) is 6.54 Å². The number of anilines is 1. The van der Waals surface area contributed by atoms with E-state index in [4.69, 9.17) is 9.63 Å². The van der Waals surface area contributed by atoms with Crippen LogP contribution in [0.1, 0.15) is 22.2 Å². The largest absolute Gasteiger partial charge is 0.477 e. The predicted octanol–water partition coefficient (Wildman–Crippen LogP) is 0.478. The number of carbonyl (C=O) groups is 1. The molecule has 8 heteroatoms. The summed E-state index contributed by atoms with van der Waals surface area (Å²) in [6.45, 7) is 1.94. The van der Waals surface area contributed by atoms with Gasteiger partial charge in [-0.15, -0.1) is 0 Å². The van der Waals surface area contributed by atoms with Gasteiger partial charge < -0.3 is 14.9 Å². The molecule has 17 heavy (non-hydrogen) atoms. The second kappa shape index (κ2) is 4.56. The zero-order valence-electron chi connectivity index (χ0n) is 8.91. The lowest BCUT2D eigenvalue weighted by molar-refractivity contribution is 0.0690. The van der Waals surface area contributed by atoms with Crippen LogP contribution in [0.2, 0.25) is 0 Å². The number of aryl methyl sites for hydroxylation is 1. The van der Waals surface area contributed by atoms with Crippen LogP contribution < -0.4 is 5.32 Å². The zero-order chi connectivity index (χ0) is 12.3. The molecule has 0 atom stereocenters. The van der Waals surface area contributed by atoms with Crippen LogP contribution in [0, 0.1) is 6.92 Å². The van der Waals surface area contributed by atoms with Crippen LogP contribution >= 0.6 is 0 Å². The fraction of sp³-hybridized carbons (Fsp3) is 0.222. The summed E-state index contributed by atoms with van der Waals surface area (Å²) in [5, 5.41) is 15.2. The molecule has 0 fully saturated rings. The van der Waals surface area contributed by atoms with Crippen molar-refractivity contribution < 1.29 is 14.4 Å². The third-order valence-corrected chi connectivity index (χ3v) is 1.85. The molecule has 2 aromatic rings. The van der Waals surface area contributed by atoms with Crippen molar-refractivity contribution in [3.05, 3.63) is 29.7 Å². The second-order valence-corrected chi connectivity index (χ2v) is 3.15. The van der Waals surface area contributed by atoms with Gasteiger partial charge in [0.15, 0.2) is 11.5 Å². The van der Waals surface area contributed by atoms with Crippen molar-refractivity contribution in [2.75, 3.05) is 5.32 Å². The van der Waals surface area contributed by atoms with E-state index in [1.807, 2.05) is 0 Å². The highest BCUT2D eigenvalue weighted by atomic mass is 16.5. The van der Waals surface area contributed by atoms with Gasteiger partial charge in [0.2, 0.25) is 11.8 Å². The molecular weight excluding hydrogens is 226 g/mol. The number of carboxylic acid groups (broad SMARTS) is 1. The van der Waals surface area contributed by atoms with Crippen LogP contribution in [-0.4, -0.2) is 31.2 Å². The molecule has 0 aliphatic heterocycles. The van der Waals surface area contributed by atoms with Crippen molar-refractivity contribution in [1.29, 1.82) is 0 Å². The van der Waals surface area contributed by atoms with E-state index in [-0.39, 0.29) is 18.2 Å². The van der Waals surface area contributed by atoms with Crippen LogP contribution in [0.15, 0.2) is 16.8 Å². The first-order valence-electron chi connectivity index (χ1n) is 4.74. The molecule has 2 rings (SSSR count). The monoisotopic (exact) mass is 235 g/mol. The number of carboxylic acids is 1.